The smallest absolute Gasteiger partial charge is 0.0471 e. The molecule has 0 radical (unpaired) electrons. The van der Waals surface area contributed by atoms with Gasteiger partial charge in [-0.25, -0.2) is 0 Å². The van der Waals surface area contributed by atoms with Gasteiger partial charge in [0, 0.05) is 43.6 Å². The summed E-state index contributed by atoms with van der Waals surface area (Å²) in [7, 11) is 0. The molecule has 2 heteroatoms. The number of hydrogen-bond donors (Lipinski definition) is 2. The molecule has 12 aromatic carbocycles. The normalized spacial score (nSPS) is 11.9. The lowest BCUT2D eigenvalue weighted by Crippen LogP contribution is -1.91. The van der Waals surface area contributed by atoms with Gasteiger partial charge in [-0.3, -0.25) is 0 Å². The van der Waals surface area contributed by atoms with E-state index < -0.39 is 0 Å². The summed E-state index contributed by atoms with van der Waals surface area (Å²) < 4.78 is 0. The Morgan fingerprint density at radius 3 is 1.00 bits per heavy atom. The second-order valence-corrected chi connectivity index (χ2v) is 17.7. The van der Waals surface area contributed by atoms with E-state index in [1.807, 2.05) is 0 Å². The van der Waals surface area contributed by atoms with Gasteiger partial charge in [-0.1, -0.05) is 206 Å². The highest BCUT2D eigenvalue weighted by atomic mass is 14.7. The zero-order valence-electron chi connectivity index (χ0n) is 35.9. The highest BCUT2D eigenvalue weighted by Crippen LogP contribution is 2.47. The number of benzene rings is 12. The summed E-state index contributed by atoms with van der Waals surface area (Å²) in [4.78, 5) is 7.68. The minimum absolute atomic E-state index is 1.14. The van der Waals surface area contributed by atoms with Crippen molar-refractivity contribution in [3.05, 3.63) is 231 Å². The predicted octanol–water partition coefficient (Wildman–Crippen LogP) is 17.9. The molecule has 2 aromatic heterocycles. The number of nitrogens with one attached hydrogen (secondary N) is 2. The van der Waals surface area contributed by atoms with E-state index in [2.05, 4.69) is 240 Å². The molecular formula is C64H40N2. The van der Waals surface area contributed by atoms with Gasteiger partial charge in [-0.05, 0) is 123 Å². The minimum atomic E-state index is 1.14. The Bertz CT molecular complexity index is 4010. The molecule has 66 heavy (non-hydrogen) atoms. The Balaban J connectivity index is 0.945. The molecule has 0 amide bonds. The molecule has 14 aromatic rings. The Kier molecular flexibility index (Phi) is 8.02. The summed E-state index contributed by atoms with van der Waals surface area (Å²) in [5.41, 5.74) is 16.8. The first-order valence-corrected chi connectivity index (χ1v) is 22.8. The molecule has 0 atom stereocenters. The standard InChI is InChI=1S/C64H40N2/c1-3-19-45-39(13-1)15-9-25-47(45)43-29-33-55-59(37-43)65-57-35-31-41-17-11-27-53(61(41)63(55)57)51-23-7-5-21-49(51)50-22-6-8-24-52(50)54-28-12-18-42-32-36-58-64(62(42)54)56-34-30-44(38-60(56)66-58)48-26-10-16-40-14-2-4-20-46(40)48/h1-38,65-66H. The highest BCUT2D eigenvalue weighted by molar-refractivity contribution is 6.27. The number of fused-ring (bicyclic) bond motifs is 12. The number of aromatic nitrogens is 2. The van der Waals surface area contributed by atoms with Crippen LogP contribution in [0.1, 0.15) is 0 Å². The molecule has 2 N–H and O–H groups in total. The van der Waals surface area contributed by atoms with Crippen molar-refractivity contribution in [2.75, 3.05) is 0 Å². The maximum absolute atomic E-state index is 3.84. The highest BCUT2D eigenvalue weighted by Gasteiger charge is 2.20. The van der Waals surface area contributed by atoms with E-state index in [1.165, 1.54) is 120 Å². The van der Waals surface area contributed by atoms with Crippen molar-refractivity contribution in [2.24, 2.45) is 0 Å². The average molecular weight is 837 g/mol. The molecule has 0 unspecified atom stereocenters. The van der Waals surface area contributed by atoms with E-state index in [-0.39, 0.29) is 0 Å². The number of aromatic amines is 2. The molecule has 0 saturated heterocycles. The van der Waals surface area contributed by atoms with Crippen molar-refractivity contribution in [1.82, 2.24) is 9.97 Å². The van der Waals surface area contributed by atoms with Crippen LogP contribution in [0.5, 0.6) is 0 Å². The molecular weight excluding hydrogens is 797 g/mol. The molecule has 306 valence electrons. The van der Waals surface area contributed by atoms with Crippen LogP contribution in [0.2, 0.25) is 0 Å². The van der Waals surface area contributed by atoms with Crippen LogP contribution >= 0.6 is 0 Å². The van der Waals surface area contributed by atoms with Gasteiger partial charge in [0.1, 0.15) is 0 Å². The monoisotopic (exact) mass is 836 g/mol. The van der Waals surface area contributed by atoms with Crippen LogP contribution < -0.4 is 0 Å². The lowest BCUT2D eigenvalue weighted by molar-refractivity contribution is 1.55. The van der Waals surface area contributed by atoms with Crippen LogP contribution in [-0.2, 0) is 0 Å². The summed E-state index contributed by atoms with van der Waals surface area (Å²) in [6.07, 6.45) is 0. The second kappa shape index (κ2) is 14.4. The Labute approximate surface area is 381 Å². The predicted molar refractivity (Wildman–Crippen MR) is 282 cm³/mol. The van der Waals surface area contributed by atoms with E-state index >= 15 is 0 Å². The average Bonchev–Trinajstić information content (AvgIpc) is 3.96. The van der Waals surface area contributed by atoms with Gasteiger partial charge in [-0.2, -0.15) is 0 Å². The molecule has 14 rings (SSSR count). The van der Waals surface area contributed by atoms with Gasteiger partial charge in [-0.15, -0.1) is 0 Å². The zero-order valence-corrected chi connectivity index (χ0v) is 35.9. The summed E-state index contributed by atoms with van der Waals surface area (Å²) in [6.45, 7) is 0. The van der Waals surface area contributed by atoms with Crippen molar-refractivity contribution in [3.63, 3.8) is 0 Å². The zero-order chi connectivity index (χ0) is 43.3. The number of rotatable bonds is 5. The van der Waals surface area contributed by atoms with Crippen molar-refractivity contribution in [1.29, 1.82) is 0 Å². The Morgan fingerprint density at radius 2 is 0.545 bits per heavy atom. The molecule has 0 fully saturated rings. The summed E-state index contributed by atoms with van der Waals surface area (Å²) in [5.74, 6) is 0. The topological polar surface area (TPSA) is 31.6 Å². The third-order valence-corrected chi connectivity index (χ3v) is 14.1. The van der Waals surface area contributed by atoms with Crippen molar-refractivity contribution in [3.8, 4) is 55.6 Å². The first-order valence-electron chi connectivity index (χ1n) is 22.8. The summed E-state index contributed by atoms with van der Waals surface area (Å²) in [5, 5.41) is 15.0. The summed E-state index contributed by atoms with van der Waals surface area (Å²) in [6, 6.07) is 84.9. The summed E-state index contributed by atoms with van der Waals surface area (Å²) >= 11 is 0. The van der Waals surface area contributed by atoms with E-state index in [9.17, 15) is 0 Å². The van der Waals surface area contributed by atoms with Gasteiger partial charge in [0.2, 0.25) is 0 Å². The van der Waals surface area contributed by atoms with Crippen LogP contribution in [-0.4, -0.2) is 9.97 Å². The quantitative estimate of drug-likeness (QED) is 0.173. The van der Waals surface area contributed by atoms with E-state index in [4.69, 9.17) is 0 Å². The Hall–Kier alpha value is -8.72. The third kappa shape index (κ3) is 5.55. The largest absolute Gasteiger partial charge is 0.354 e. The van der Waals surface area contributed by atoms with Gasteiger partial charge >= 0.3 is 0 Å². The fourth-order valence-corrected chi connectivity index (χ4v) is 11.2. The number of H-pyrrole nitrogens is 2. The van der Waals surface area contributed by atoms with Crippen molar-refractivity contribution < 1.29 is 0 Å². The molecule has 2 nitrogen and oxygen atoms in total. The van der Waals surface area contributed by atoms with Crippen molar-refractivity contribution in [2.45, 2.75) is 0 Å². The van der Waals surface area contributed by atoms with Crippen LogP contribution in [0.15, 0.2) is 231 Å². The van der Waals surface area contributed by atoms with Crippen molar-refractivity contribution >= 4 is 86.7 Å². The van der Waals surface area contributed by atoms with E-state index in [0.29, 0.717) is 0 Å². The lowest BCUT2D eigenvalue weighted by atomic mass is 9.85. The first-order chi connectivity index (χ1) is 32.7. The van der Waals surface area contributed by atoms with Gasteiger partial charge in [0.25, 0.3) is 0 Å². The minimum Gasteiger partial charge on any atom is -0.354 e. The fraction of sp³-hybridized carbons (Fsp3) is 0. The molecule has 0 bridgehead atoms. The second-order valence-electron chi connectivity index (χ2n) is 17.7. The molecule has 0 aliphatic carbocycles. The maximum Gasteiger partial charge on any atom is 0.0471 e. The van der Waals surface area contributed by atoms with E-state index in [1.54, 1.807) is 0 Å². The van der Waals surface area contributed by atoms with Crippen LogP contribution in [0, 0.1) is 0 Å². The number of hydrogen-bond acceptors (Lipinski definition) is 0. The molecule has 0 aliphatic heterocycles. The molecule has 0 aliphatic rings. The molecule has 0 saturated carbocycles. The van der Waals surface area contributed by atoms with E-state index in [0.717, 1.165) is 22.1 Å². The van der Waals surface area contributed by atoms with Gasteiger partial charge in [0.05, 0.1) is 0 Å². The first kappa shape index (κ1) is 36.7. The molecule has 0 spiro atoms. The van der Waals surface area contributed by atoms with Crippen LogP contribution in [0.3, 0.4) is 0 Å². The molecule has 2 heterocycles. The third-order valence-electron chi connectivity index (χ3n) is 14.1. The fourth-order valence-electron chi connectivity index (χ4n) is 11.2. The lowest BCUT2D eigenvalue weighted by Gasteiger charge is -2.18. The Morgan fingerprint density at radius 1 is 0.197 bits per heavy atom. The SMILES string of the molecule is c1ccc(-c2cccc3ccc4[nH]c5cc(-c6cccc7ccccc67)ccc5c4c23)c(-c2ccccc2-c2cccc3ccc4[nH]c5cc(-c6cccc7ccccc67)ccc5c4c23)c1. The van der Waals surface area contributed by atoms with Gasteiger partial charge in [0.15, 0.2) is 0 Å². The van der Waals surface area contributed by atoms with Crippen LogP contribution in [0.4, 0.5) is 0 Å². The van der Waals surface area contributed by atoms with Gasteiger partial charge < -0.3 is 9.97 Å². The van der Waals surface area contributed by atoms with Crippen LogP contribution in [0.25, 0.3) is 142 Å². The maximum atomic E-state index is 3.84.